The number of imide groups is 1. The van der Waals surface area contributed by atoms with Gasteiger partial charge in [-0.25, -0.2) is 0 Å². The zero-order valence-electron chi connectivity index (χ0n) is 15.5. The predicted molar refractivity (Wildman–Crippen MR) is 97.2 cm³/mol. The minimum atomic E-state index is -0.319. The van der Waals surface area contributed by atoms with Gasteiger partial charge in [-0.1, -0.05) is 6.92 Å². The van der Waals surface area contributed by atoms with E-state index >= 15 is 0 Å². The van der Waals surface area contributed by atoms with Crippen LogP contribution >= 0.6 is 0 Å². The minimum Gasteiger partial charge on any atom is -0.385 e. The third-order valence-corrected chi connectivity index (χ3v) is 5.25. The van der Waals surface area contributed by atoms with Crippen molar-refractivity contribution in [1.82, 2.24) is 9.80 Å². The third-order valence-electron chi connectivity index (χ3n) is 5.25. The van der Waals surface area contributed by atoms with Crippen molar-refractivity contribution < 1.29 is 19.1 Å². The molecule has 0 saturated carbocycles. The van der Waals surface area contributed by atoms with Crippen LogP contribution in [0.1, 0.15) is 63.7 Å². The Kier molecular flexibility index (Phi) is 5.71. The Morgan fingerprint density at radius 2 is 1.92 bits per heavy atom. The number of likely N-dealkylation sites (tertiary alicyclic amines) is 1. The Labute approximate surface area is 154 Å². The molecule has 2 aliphatic heterocycles. The molecule has 6 nitrogen and oxygen atoms in total. The molecule has 1 saturated heterocycles. The highest BCUT2D eigenvalue weighted by molar-refractivity contribution is 6.22. The summed E-state index contributed by atoms with van der Waals surface area (Å²) >= 11 is 0. The monoisotopic (exact) mass is 358 g/mol. The Morgan fingerprint density at radius 1 is 1.15 bits per heavy atom. The maximum absolute atomic E-state index is 12.8. The van der Waals surface area contributed by atoms with E-state index in [1.807, 2.05) is 4.90 Å². The highest BCUT2D eigenvalue weighted by atomic mass is 16.5. The first-order valence-electron chi connectivity index (χ1n) is 9.31. The normalized spacial score (nSPS) is 20.3. The highest BCUT2D eigenvalue weighted by Crippen LogP contribution is 2.25. The van der Waals surface area contributed by atoms with Gasteiger partial charge in [0.15, 0.2) is 0 Å². The summed E-state index contributed by atoms with van der Waals surface area (Å²) in [7, 11) is 1.59. The number of amides is 3. The number of methoxy groups -OCH3 is 1. The molecule has 0 bridgehead atoms. The van der Waals surface area contributed by atoms with Gasteiger partial charge in [0, 0.05) is 38.9 Å². The molecule has 140 valence electrons. The molecule has 26 heavy (non-hydrogen) atoms. The zero-order chi connectivity index (χ0) is 18.7. The number of nitrogens with zero attached hydrogens (tertiary/aromatic N) is 2. The molecule has 3 amide bonds. The fourth-order valence-corrected chi connectivity index (χ4v) is 3.64. The molecule has 0 aromatic heterocycles. The first-order chi connectivity index (χ1) is 12.5. The number of hydrogen-bond acceptors (Lipinski definition) is 4. The van der Waals surface area contributed by atoms with Crippen molar-refractivity contribution >= 4 is 17.7 Å². The van der Waals surface area contributed by atoms with Crippen LogP contribution in [0.4, 0.5) is 0 Å². The van der Waals surface area contributed by atoms with Crippen LogP contribution in [0.15, 0.2) is 18.2 Å². The molecule has 2 heterocycles. The smallest absolute Gasteiger partial charge is 0.261 e. The van der Waals surface area contributed by atoms with E-state index in [2.05, 4.69) is 6.92 Å². The lowest BCUT2D eigenvalue weighted by Crippen LogP contribution is -2.32. The lowest BCUT2D eigenvalue weighted by atomic mass is 10.0. The molecule has 1 atom stereocenters. The highest BCUT2D eigenvalue weighted by Gasteiger charge is 2.36. The van der Waals surface area contributed by atoms with Crippen LogP contribution in [-0.4, -0.2) is 60.9 Å². The van der Waals surface area contributed by atoms with E-state index in [1.165, 1.54) is 4.90 Å². The molecule has 3 rings (SSSR count). The number of carbonyl (C=O) groups excluding carboxylic acids is 3. The molecule has 6 heteroatoms. The van der Waals surface area contributed by atoms with Gasteiger partial charge in [-0.05, 0) is 49.8 Å². The third kappa shape index (κ3) is 3.65. The lowest BCUT2D eigenvalue weighted by molar-refractivity contribution is 0.0638. The molecular formula is C20H26N2O4. The molecule has 1 aromatic rings. The maximum Gasteiger partial charge on any atom is 0.261 e. The minimum absolute atomic E-state index is 0.0556. The van der Waals surface area contributed by atoms with Crippen molar-refractivity contribution in [3.63, 3.8) is 0 Å². The van der Waals surface area contributed by atoms with Crippen molar-refractivity contribution in [1.29, 1.82) is 0 Å². The first-order valence-corrected chi connectivity index (χ1v) is 9.31. The number of fused-ring (bicyclic) bond motifs is 1. The Hall–Kier alpha value is -2.21. The number of rotatable bonds is 5. The SMILES string of the molecule is COCCCN1C(=O)c2ccc(C(=O)N3CCCC(C)CC3)cc2C1=O. The summed E-state index contributed by atoms with van der Waals surface area (Å²) in [5.41, 5.74) is 1.20. The second kappa shape index (κ2) is 7.99. The van der Waals surface area contributed by atoms with Gasteiger partial charge in [0.2, 0.25) is 0 Å². The van der Waals surface area contributed by atoms with Gasteiger partial charge < -0.3 is 9.64 Å². The molecular weight excluding hydrogens is 332 g/mol. The van der Waals surface area contributed by atoms with E-state index in [9.17, 15) is 14.4 Å². The second-order valence-electron chi connectivity index (χ2n) is 7.20. The summed E-state index contributed by atoms with van der Waals surface area (Å²) < 4.78 is 4.99. The molecule has 1 unspecified atom stereocenters. The van der Waals surface area contributed by atoms with Crippen LogP contribution in [-0.2, 0) is 4.74 Å². The summed E-state index contributed by atoms with van der Waals surface area (Å²) in [6, 6.07) is 4.86. The van der Waals surface area contributed by atoms with Gasteiger partial charge in [0.1, 0.15) is 0 Å². The number of hydrogen-bond donors (Lipinski definition) is 0. The summed E-state index contributed by atoms with van der Waals surface area (Å²) in [5.74, 6) is -0.0309. The first kappa shape index (κ1) is 18.6. The molecule has 1 fully saturated rings. The van der Waals surface area contributed by atoms with Gasteiger partial charge in [0.25, 0.3) is 17.7 Å². The van der Waals surface area contributed by atoms with Gasteiger partial charge in [-0.15, -0.1) is 0 Å². The van der Waals surface area contributed by atoms with Crippen molar-refractivity contribution in [3.05, 3.63) is 34.9 Å². The number of ether oxygens (including phenoxy) is 1. The fourth-order valence-electron chi connectivity index (χ4n) is 3.64. The van der Waals surface area contributed by atoms with Crippen LogP contribution in [0.25, 0.3) is 0 Å². The van der Waals surface area contributed by atoms with Gasteiger partial charge in [-0.2, -0.15) is 0 Å². The van der Waals surface area contributed by atoms with E-state index in [4.69, 9.17) is 4.74 Å². The molecule has 0 aliphatic carbocycles. The maximum atomic E-state index is 12.8. The summed E-state index contributed by atoms with van der Waals surface area (Å²) in [4.78, 5) is 41.0. The van der Waals surface area contributed by atoms with Gasteiger partial charge in [-0.3, -0.25) is 19.3 Å². The summed E-state index contributed by atoms with van der Waals surface area (Å²) in [5, 5.41) is 0. The topological polar surface area (TPSA) is 66.9 Å². The van der Waals surface area contributed by atoms with Crippen LogP contribution in [0.5, 0.6) is 0 Å². The fraction of sp³-hybridized carbons (Fsp3) is 0.550. The van der Waals surface area contributed by atoms with E-state index in [-0.39, 0.29) is 17.7 Å². The van der Waals surface area contributed by atoms with E-state index in [0.717, 1.165) is 32.4 Å². The number of benzene rings is 1. The molecule has 2 aliphatic rings. The average Bonchev–Trinajstić information content (AvgIpc) is 2.79. The lowest BCUT2D eigenvalue weighted by Gasteiger charge is -2.20. The van der Waals surface area contributed by atoms with Crippen LogP contribution in [0.3, 0.4) is 0 Å². The molecule has 0 N–H and O–H groups in total. The number of carbonyl (C=O) groups is 3. The van der Waals surface area contributed by atoms with Gasteiger partial charge in [0.05, 0.1) is 11.1 Å². The molecule has 1 aromatic carbocycles. The molecule has 0 spiro atoms. The van der Waals surface area contributed by atoms with Crippen LogP contribution in [0.2, 0.25) is 0 Å². The van der Waals surface area contributed by atoms with Crippen molar-refractivity contribution in [2.24, 2.45) is 5.92 Å². The van der Waals surface area contributed by atoms with Crippen molar-refractivity contribution in [2.45, 2.75) is 32.6 Å². The summed E-state index contributed by atoms with van der Waals surface area (Å²) in [6.45, 7) is 4.52. The van der Waals surface area contributed by atoms with E-state index in [1.54, 1.807) is 25.3 Å². The molecule has 0 radical (unpaired) electrons. The second-order valence-corrected chi connectivity index (χ2v) is 7.20. The predicted octanol–water partition coefficient (Wildman–Crippen LogP) is 2.58. The van der Waals surface area contributed by atoms with E-state index < -0.39 is 0 Å². The Morgan fingerprint density at radius 3 is 2.69 bits per heavy atom. The van der Waals surface area contributed by atoms with Crippen LogP contribution in [0, 0.1) is 5.92 Å². The standard InChI is InChI=1S/C20H26N2O4/c1-14-5-3-9-21(11-8-14)18(23)15-6-7-16-17(13-15)20(25)22(19(16)24)10-4-12-26-2/h6-7,13-14H,3-5,8-12H2,1-2H3. The largest absolute Gasteiger partial charge is 0.385 e. The Bertz CT molecular complexity index is 716. The van der Waals surface area contributed by atoms with E-state index in [0.29, 0.717) is 42.2 Å². The van der Waals surface area contributed by atoms with Crippen molar-refractivity contribution in [2.75, 3.05) is 33.4 Å². The van der Waals surface area contributed by atoms with Gasteiger partial charge >= 0.3 is 0 Å². The summed E-state index contributed by atoms with van der Waals surface area (Å²) in [6.07, 6.45) is 3.74. The van der Waals surface area contributed by atoms with Crippen molar-refractivity contribution in [3.8, 4) is 0 Å². The average molecular weight is 358 g/mol. The quantitative estimate of drug-likeness (QED) is 0.599. The van der Waals surface area contributed by atoms with Crippen LogP contribution < -0.4 is 0 Å². The Balaban J connectivity index is 1.76. The zero-order valence-corrected chi connectivity index (χ0v) is 15.5.